The number of hydrogen-bond donors (Lipinski definition) is 1. The molecule has 3 heteroatoms. The van der Waals surface area contributed by atoms with Crippen LogP contribution >= 0.6 is 11.6 Å². The second-order valence-electron chi connectivity index (χ2n) is 6.28. The van der Waals surface area contributed by atoms with E-state index in [-0.39, 0.29) is 5.41 Å². The lowest BCUT2D eigenvalue weighted by atomic mass is 9.67. The minimum absolute atomic E-state index is 0.0681. The predicted octanol–water partition coefficient (Wildman–Crippen LogP) is 3.81. The van der Waals surface area contributed by atoms with E-state index < -0.39 is 0 Å². The SMILES string of the molecule is CN1Cc2ccccc2C(CCCN)(c2ccccc2Cl)C1. The van der Waals surface area contributed by atoms with Crippen LogP contribution in [-0.4, -0.2) is 25.0 Å². The average molecular weight is 315 g/mol. The number of nitrogens with zero attached hydrogens (tertiary/aromatic N) is 1. The topological polar surface area (TPSA) is 29.3 Å². The first-order valence-electron chi connectivity index (χ1n) is 7.89. The van der Waals surface area contributed by atoms with Gasteiger partial charge in [0.2, 0.25) is 0 Å². The van der Waals surface area contributed by atoms with E-state index in [9.17, 15) is 0 Å². The minimum Gasteiger partial charge on any atom is -0.330 e. The first-order chi connectivity index (χ1) is 10.7. The molecule has 2 N–H and O–H groups in total. The molecular weight excluding hydrogens is 292 g/mol. The number of hydrogen-bond acceptors (Lipinski definition) is 2. The van der Waals surface area contributed by atoms with Gasteiger partial charge in [-0.3, -0.25) is 0 Å². The minimum atomic E-state index is -0.0681. The largest absolute Gasteiger partial charge is 0.330 e. The third kappa shape index (κ3) is 2.67. The third-order valence-electron chi connectivity index (χ3n) is 4.71. The van der Waals surface area contributed by atoms with Crippen molar-refractivity contribution in [3.8, 4) is 0 Å². The molecule has 116 valence electrons. The van der Waals surface area contributed by atoms with Gasteiger partial charge in [0.15, 0.2) is 0 Å². The zero-order valence-electron chi connectivity index (χ0n) is 13.1. The van der Waals surface area contributed by atoms with Gasteiger partial charge in [-0.05, 0) is 49.2 Å². The van der Waals surface area contributed by atoms with Crippen molar-refractivity contribution in [3.63, 3.8) is 0 Å². The molecule has 1 atom stereocenters. The number of halogens is 1. The smallest absolute Gasteiger partial charge is 0.0447 e. The molecule has 2 aromatic rings. The Labute approximate surface area is 137 Å². The fraction of sp³-hybridized carbons (Fsp3) is 0.368. The van der Waals surface area contributed by atoms with E-state index in [0.29, 0.717) is 6.54 Å². The van der Waals surface area contributed by atoms with Gasteiger partial charge in [0.05, 0.1) is 0 Å². The van der Waals surface area contributed by atoms with Gasteiger partial charge < -0.3 is 10.6 Å². The Hall–Kier alpha value is -1.35. The summed E-state index contributed by atoms with van der Waals surface area (Å²) in [6.45, 7) is 2.68. The molecule has 0 radical (unpaired) electrons. The van der Waals surface area contributed by atoms with Crippen LogP contribution in [0.2, 0.25) is 5.02 Å². The molecule has 3 rings (SSSR count). The summed E-state index contributed by atoms with van der Waals surface area (Å²) in [4.78, 5) is 2.39. The first-order valence-corrected chi connectivity index (χ1v) is 8.27. The van der Waals surface area contributed by atoms with Crippen molar-refractivity contribution in [2.45, 2.75) is 24.8 Å². The Morgan fingerprint density at radius 1 is 1.09 bits per heavy atom. The molecule has 1 heterocycles. The summed E-state index contributed by atoms with van der Waals surface area (Å²) in [7, 11) is 2.18. The Balaban J connectivity index is 2.21. The van der Waals surface area contributed by atoms with E-state index in [0.717, 1.165) is 31.0 Å². The molecule has 2 nitrogen and oxygen atoms in total. The van der Waals surface area contributed by atoms with Gasteiger partial charge in [0, 0.05) is 23.5 Å². The Morgan fingerprint density at radius 3 is 2.50 bits per heavy atom. The van der Waals surface area contributed by atoms with Crippen LogP contribution in [0.4, 0.5) is 0 Å². The molecule has 1 aliphatic heterocycles. The van der Waals surface area contributed by atoms with Crippen LogP contribution in [0.15, 0.2) is 48.5 Å². The summed E-state index contributed by atoms with van der Waals surface area (Å²) in [5.41, 5.74) is 9.79. The van der Waals surface area contributed by atoms with Crippen molar-refractivity contribution in [1.29, 1.82) is 0 Å². The molecule has 0 saturated carbocycles. The lowest BCUT2D eigenvalue weighted by molar-refractivity contribution is 0.226. The molecule has 0 aliphatic carbocycles. The van der Waals surface area contributed by atoms with Crippen LogP contribution < -0.4 is 5.73 Å². The maximum Gasteiger partial charge on any atom is 0.0447 e. The molecule has 1 aliphatic rings. The fourth-order valence-electron chi connectivity index (χ4n) is 3.85. The predicted molar refractivity (Wildman–Crippen MR) is 93.3 cm³/mol. The van der Waals surface area contributed by atoms with E-state index in [1.807, 2.05) is 12.1 Å². The number of likely N-dealkylation sites (N-methyl/N-ethyl adjacent to an activating group) is 1. The van der Waals surface area contributed by atoms with E-state index in [1.165, 1.54) is 16.7 Å². The summed E-state index contributed by atoms with van der Waals surface area (Å²) in [5.74, 6) is 0. The molecule has 0 spiro atoms. The quantitative estimate of drug-likeness (QED) is 0.930. The number of rotatable bonds is 4. The van der Waals surface area contributed by atoms with Gasteiger partial charge >= 0.3 is 0 Å². The Kier molecular flexibility index (Phi) is 4.53. The zero-order chi connectivity index (χ0) is 15.6. The van der Waals surface area contributed by atoms with Crippen LogP contribution in [0.5, 0.6) is 0 Å². The van der Waals surface area contributed by atoms with Crippen LogP contribution in [0.1, 0.15) is 29.5 Å². The summed E-state index contributed by atoms with van der Waals surface area (Å²) in [6.07, 6.45) is 2.02. The molecule has 0 saturated heterocycles. The van der Waals surface area contributed by atoms with Gasteiger partial charge in [0.1, 0.15) is 0 Å². The Bertz CT molecular complexity index is 655. The molecule has 1 unspecified atom stereocenters. The third-order valence-corrected chi connectivity index (χ3v) is 5.04. The van der Waals surface area contributed by atoms with Crippen molar-refractivity contribution in [1.82, 2.24) is 4.90 Å². The summed E-state index contributed by atoms with van der Waals surface area (Å²) >= 11 is 6.59. The van der Waals surface area contributed by atoms with Crippen LogP contribution in [0.25, 0.3) is 0 Å². The van der Waals surface area contributed by atoms with Gasteiger partial charge in [-0.1, -0.05) is 54.1 Å². The van der Waals surface area contributed by atoms with Crippen molar-refractivity contribution in [3.05, 3.63) is 70.2 Å². The van der Waals surface area contributed by atoms with E-state index in [1.54, 1.807) is 0 Å². The molecule has 22 heavy (non-hydrogen) atoms. The summed E-state index contributed by atoms with van der Waals surface area (Å²) in [5, 5.41) is 0.852. The molecular formula is C19H23ClN2. The maximum absolute atomic E-state index is 6.59. The van der Waals surface area contributed by atoms with Gasteiger partial charge in [-0.15, -0.1) is 0 Å². The highest BCUT2D eigenvalue weighted by Gasteiger charge is 2.40. The number of nitrogens with two attached hydrogens (primary N) is 1. The average Bonchev–Trinajstić information content (AvgIpc) is 2.53. The molecule has 0 amide bonds. The standard InChI is InChI=1S/C19H23ClN2/c1-22-13-15-7-2-3-8-16(15)19(14-22,11-6-12-21)17-9-4-5-10-18(17)20/h2-5,7-10H,6,11-14,21H2,1H3. The van der Waals surface area contributed by atoms with Crippen molar-refractivity contribution < 1.29 is 0 Å². The second-order valence-corrected chi connectivity index (χ2v) is 6.69. The van der Waals surface area contributed by atoms with Gasteiger partial charge in [-0.2, -0.15) is 0 Å². The van der Waals surface area contributed by atoms with Crippen molar-refractivity contribution in [2.75, 3.05) is 20.1 Å². The zero-order valence-corrected chi connectivity index (χ0v) is 13.8. The summed E-state index contributed by atoms with van der Waals surface area (Å²) in [6, 6.07) is 17.0. The summed E-state index contributed by atoms with van der Waals surface area (Å²) < 4.78 is 0. The van der Waals surface area contributed by atoms with Gasteiger partial charge in [0.25, 0.3) is 0 Å². The first kappa shape index (κ1) is 15.5. The maximum atomic E-state index is 6.59. The highest BCUT2D eigenvalue weighted by atomic mass is 35.5. The van der Waals surface area contributed by atoms with E-state index in [2.05, 4.69) is 48.3 Å². The highest BCUT2D eigenvalue weighted by Crippen LogP contribution is 2.44. The van der Waals surface area contributed by atoms with Crippen LogP contribution in [0.3, 0.4) is 0 Å². The second kappa shape index (κ2) is 6.41. The normalized spacial score (nSPS) is 21.6. The van der Waals surface area contributed by atoms with Crippen molar-refractivity contribution in [2.24, 2.45) is 5.73 Å². The van der Waals surface area contributed by atoms with Gasteiger partial charge in [-0.25, -0.2) is 0 Å². The molecule has 0 bridgehead atoms. The van der Waals surface area contributed by atoms with E-state index >= 15 is 0 Å². The van der Waals surface area contributed by atoms with E-state index in [4.69, 9.17) is 17.3 Å². The number of benzene rings is 2. The lowest BCUT2D eigenvalue weighted by Crippen LogP contribution is -2.45. The number of fused-ring (bicyclic) bond motifs is 1. The van der Waals surface area contributed by atoms with Crippen LogP contribution in [-0.2, 0) is 12.0 Å². The molecule has 2 aromatic carbocycles. The monoisotopic (exact) mass is 314 g/mol. The van der Waals surface area contributed by atoms with Crippen molar-refractivity contribution >= 4 is 11.6 Å². The Morgan fingerprint density at radius 2 is 1.77 bits per heavy atom. The fourth-order valence-corrected chi connectivity index (χ4v) is 4.17. The lowest BCUT2D eigenvalue weighted by Gasteiger charge is -2.44. The highest BCUT2D eigenvalue weighted by molar-refractivity contribution is 6.31. The molecule has 0 fully saturated rings. The molecule has 0 aromatic heterocycles. The van der Waals surface area contributed by atoms with Crippen LogP contribution in [0, 0.1) is 0 Å².